The van der Waals surface area contributed by atoms with Crippen molar-refractivity contribution in [3.8, 4) is 0 Å². The first kappa shape index (κ1) is 13.7. The summed E-state index contributed by atoms with van der Waals surface area (Å²) >= 11 is 1.29. The van der Waals surface area contributed by atoms with E-state index in [0.29, 0.717) is 27.5 Å². The van der Waals surface area contributed by atoms with Crippen LogP contribution in [0.3, 0.4) is 0 Å². The number of aromatic nitrogens is 2. The Balaban J connectivity index is 2.24. The highest BCUT2D eigenvalue weighted by atomic mass is 32.1. The van der Waals surface area contributed by atoms with Crippen LogP contribution in [0.25, 0.3) is 10.3 Å². The number of likely N-dealkylation sites (N-methyl/N-ethyl adjacent to an activating group) is 2. The second-order valence-electron chi connectivity index (χ2n) is 4.58. The molecule has 2 N–H and O–H groups in total. The maximum Gasteiger partial charge on any atom is 0.265 e. The molecule has 0 aliphatic carbocycles. The lowest BCUT2D eigenvalue weighted by atomic mass is 10.3. The Kier molecular flexibility index (Phi) is 3.96. The molecule has 1 amide bonds. The molecule has 0 spiro atoms. The van der Waals surface area contributed by atoms with Crippen LogP contribution in [0.15, 0.2) is 12.4 Å². The molecule has 0 radical (unpaired) electrons. The fourth-order valence-corrected chi connectivity index (χ4v) is 2.64. The number of anilines is 1. The third-order valence-corrected chi connectivity index (χ3v) is 3.88. The summed E-state index contributed by atoms with van der Waals surface area (Å²) in [5.41, 5.74) is 7.02. The van der Waals surface area contributed by atoms with E-state index in [1.54, 1.807) is 24.3 Å². The predicted molar refractivity (Wildman–Crippen MR) is 77.3 cm³/mol. The molecule has 0 fully saturated rings. The van der Waals surface area contributed by atoms with Crippen molar-refractivity contribution in [3.63, 3.8) is 0 Å². The van der Waals surface area contributed by atoms with Crippen LogP contribution in [0, 0.1) is 0 Å². The van der Waals surface area contributed by atoms with Gasteiger partial charge < -0.3 is 15.5 Å². The molecule has 102 valence electrons. The molecule has 0 saturated heterocycles. The van der Waals surface area contributed by atoms with Crippen LogP contribution < -0.4 is 5.73 Å². The lowest BCUT2D eigenvalue weighted by molar-refractivity contribution is 0.0792. The van der Waals surface area contributed by atoms with Crippen LogP contribution in [0.5, 0.6) is 0 Å². The second kappa shape index (κ2) is 5.50. The highest BCUT2D eigenvalue weighted by molar-refractivity contribution is 7.21. The van der Waals surface area contributed by atoms with Crippen molar-refractivity contribution in [3.05, 3.63) is 17.3 Å². The van der Waals surface area contributed by atoms with Crippen LogP contribution in [-0.4, -0.2) is 59.9 Å². The molecule has 0 aromatic carbocycles. The molecule has 19 heavy (non-hydrogen) atoms. The van der Waals surface area contributed by atoms with Gasteiger partial charge in [0.25, 0.3) is 5.91 Å². The minimum atomic E-state index is -0.0795. The summed E-state index contributed by atoms with van der Waals surface area (Å²) in [6.45, 7) is 1.46. The van der Waals surface area contributed by atoms with Crippen molar-refractivity contribution < 1.29 is 4.79 Å². The summed E-state index contributed by atoms with van der Waals surface area (Å²) < 4.78 is 0. The highest BCUT2D eigenvalue weighted by Gasteiger charge is 2.20. The first-order chi connectivity index (χ1) is 9.00. The Morgan fingerprint density at radius 1 is 1.26 bits per heavy atom. The van der Waals surface area contributed by atoms with Gasteiger partial charge in [-0.2, -0.15) is 0 Å². The number of nitrogens with zero attached hydrogens (tertiary/aromatic N) is 4. The molecule has 0 atom stereocenters. The van der Waals surface area contributed by atoms with Crippen molar-refractivity contribution in [1.29, 1.82) is 0 Å². The van der Waals surface area contributed by atoms with Crippen LogP contribution in [0.1, 0.15) is 9.67 Å². The van der Waals surface area contributed by atoms with Gasteiger partial charge in [0.2, 0.25) is 0 Å². The lowest BCUT2D eigenvalue weighted by Gasteiger charge is -2.19. The molecular weight excluding hydrogens is 262 g/mol. The van der Waals surface area contributed by atoms with Gasteiger partial charge in [-0.25, -0.2) is 9.97 Å². The summed E-state index contributed by atoms with van der Waals surface area (Å²) in [6.07, 6.45) is 3.18. The molecular formula is C12H17N5OS. The van der Waals surface area contributed by atoms with Crippen molar-refractivity contribution in [2.45, 2.75) is 0 Å². The number of nitrogens with two attached hydrogens (primary N) is 1. The van der Waals surface area contributed by atoms with E-state index in [4.69, 9.17) is 5.73 Å². The molecule has 0 unspecified atom stereocenters. The van der Waals surface area contributed by atoms with Crippen molar-refractivity contribution in [2.75, 3.05) is 40.0 Å². The van der Waals surface area contributed by atoms with Crippen LogP contribution in [0.2, 0.25) is 0 Å². The molecule has 0 aliphatic heterocycles. The topological polar surface area (TPSA) is 75.3 Å². The summed E-state index contributed by atoms with van der Waals surface area (Å²) in [5, 5.41) is 0. The van der Waals surface area contributed by atoms with E-state index in [-0.39, 0.29) is 5.91 Å². The Morgan fingerprint density at radius 2 is 1.95 bits per heavy atom. The fourth-order valence-electron chi connectivity index (χ4n) is 1.63. The summed E-state index contributed by atoms with van der Waals surface area (Å²) in [5.74, 6) is -0.0795. The largest absolute Gasteiger partial charge is 0.396 e. The summed E-state index contributed by atoms with van der Waals surface area (Å²) in [7, 11) is 5.72. The number of carbonyl (C=O) groups excluding carboxylic acids is 1. The Morgan fingerprint density at radius 3 is 2.58 bits per heavy atom. The van der Waals surface area contributed by atoms with Crippen molar-refractivity contribution >= 4 is 33.3 Å². The quantitative estimate of drug-likeness (QED) is 0.900. The van der Waals surface area contributed by atoms with Gasteiger partial charge in [0.15, 0.2) is 0 Å². The maximum absolute atomic E-state index is 12.3. The minimum Gasteiger partial charge on any atom is -0.396 e. The lowest BCUT2D eigenvalue weighted by Crippen LogP contribution is -2.33. The van der Waals surface area contributed by atoms with Gasteiger partial charge in [-0.3, -0.25) is 4.79 Å². The zero-order valence-corrected chi connectivity index (χ0v) is 12.1. The van der Waals surface area contributed by atoms with Gasteiger partial charge in [-0.05, 0) is 14.1 Å². The number of hydrogen-bond donors (Lipinski definition) is 1. The second-order valence-corrected chi connectivity index (χ2v) is 5.58. The molecule has 2 aromatic rings. The summed E-state index contributed by atoms with van der Waals surface area (Å²) in [4.78, 5) is 25.6. The summed E-state index contributed by atoms with van der Waals surface area (Å²) in [6, 6.07) is 0. The SMILES string of the molecule is CN(C)CCN(C)C(=O)c1sc2nccnc2c1N. The number of amides is 1. The van der Waals surface area contributed by atoms with Crippen LogP contribution in [0.4, 0.5) is 5.69 Å². The van der Waals surface area contributed by atoms with E-state index in [9.17, 15) is 4.79 Å². The predicted octanol–water partition coefficient (Wildman–Crippen LogP) is 0.907. The van der Waals surface area contributed by atoms with E-state index in [2.05, 4.69) is 9.97 Å². The van der Waals surface area contributed by atoms with Gasteiger partial charge in [-0.15, -0.1) is 11.3 Å². The zero-order valence-electron chi connectivity index (χ0n) is 11.3. The van der Waals surface area contributed by atoms with Crippen molar-refractivity contribution in [2.24, 2.45) is 0 Å². The molecule has 0 aliphatic rings. The highest BCUT2D eigenvalue weighted by Crippen LogP contribution is 2.31. The normalized spacial score (nSPS) is 11.2. The molecule has 7 heteroatoms. The number of fused-ring (bicyclic) bond motifs is 1. The minimum absolute atomic E-state index is 0.0795. The van der Waals surface area contributed by atoms with Crippen molar-refractivity contribution in [1.82, 2.24) is 19.8 Å². The van der Waals surface area contributed by atoms with E-state index in [1.165, 1.54) is 11.3 Å². The number of nitrogen functional groups attached to an aromatic ring is 1. The number of hydrogen-bond acceptors (Lipinski definition) is 6. The standard InChI is InChI=1S/C12H17N5OS/c1-16(2)6-7-17(3)12(18)10-8(13)9-11(19-10)15-5-4-14-9/h4-5H,6-7,13H2,1-3H3. The first-order valence-electron chi connectivity index (χ1n) is 5.90. The van der Waals surface area contributed by atoms with E-state index in [0.717, 1.165) is 6.54 Å². The van der Waals surface area contributed by atoms with Gasteiger partial charge in [0.05, 0.1) is 5.69 Å². The van der Waals surface area contributed by atoms with Gasteiger partial charge in [0.1, 0.15) is 15.2 Å². The molecule has 0 bridgehead atoms. The molecule has 2 rings (SSSR count). The molecule has 6 nitrogen and oxygen atoms in total. The van der Waals surface area contributed by atoms with E-state index in [1.807, 2.05) is 19.0 Å². The average molecular weight is 279 g/mol. The van der Waals surface area contributed by atoms with E-state index >= 15 is 0 Å². The maximum atomic E-state index is 12.3. The van der Waals surface area contributed by atoms with E-state index < -0.39 is 0 Å². The molecule has 2 heterocycles. The third kappa shape index (κ3) is 2.82. The Labute approximate surface area is 115 Å². The number of carbonyl (C=O) groups is 1. The third-order valence-electron chi connectivity index (χ3n) is 2.79. The molecule has 0 saturated carbocycles. The van der Waals surface area contributed by atoms with Crippen LogP contribution >= 0.6 is 11.3 Å². The average Bonchev–Trinajstić information content (AvgIpc) is 2.73. The van der Waals surface area contributed by atoms with Gasteiger partial charge in [-0.1, -0.05) is 0 Å². The van der Waals surface area contributed by atoms with Gasteiger partial charge in [0, 0.05) is 32.5 Å². The Bertz CT molecular complexity index is 595. The smallest absolute Gasteiger partial charge is 0.265 e. The molecule has 2 aromatic heterocycles. The fraction of sp³-hybridized carbons (Fsp3) is 0.417. The number of thiophene rings is 1. The number of rotatable bonds is 4. The first-order valence-corrected chi connectivity index (χ1v) is 6.71. The monoisotopic (exact) mass is 279 g/mol. The zero-order chi connectivity index (χ0) is 14.0. The van der Waals surface area contributed by atoms with Crippen LogP contribution in [-0.2, 0) is 0 Å². The van der Waals surface area contributed by atoms with Gasteiger partial charge >= 0.3 is 0 Å². The Hall–Kier alpha value is -1.73.